The van der Waals surface area contributed by atoms with E-state index in [0.717, 1.165) is 16.5 Å². The predicted molar refractivity (Wildman–Crippen MR) is 175 cm³/mol. The first-order valence-electron chi connectivity index (χ1n) is 15.0. The molecule has 0 aliphatic carbocycles. The fourth-order valence-corrected chi connectivity index (χ4v) is 6.21. The molecule has 4 rings (SSSR count). The third-order valence-electron chi connectivity index (χ3n) is 8.71. The maximum Gasteiger partial charge on any atom is 0.416 e. The van der Waals surface area contributed by atoms with Crippen LogP contribution in [0.4, 0.5) is 26.3 Å². The molecule has 0 saturated heterocycles. The zero-order valence-corrected chi connectivity index (χ0v) is 29.6. The number of methoxy groups -OCH3 is 1. The summed E-state index contributed by atoms with van der Waals surface area (Å²) in [5.74, 6) is 0.357. The number of nitrogens with zero attached hydrogens (tertiary/aromatic N) is 4. The van der Waals surface area contributed by atoms with Crippen molar-refractivity contribution >= 4 is 19.9 Å². The monoisotopic (exact) mass is 727 g/mol. The number of aromatic nitrogens is 3. The third-order valence-corrected chi connectivity index (χ3v) is 13.4. The SMILES string of the molecule is COc1cc(C(N=N)c2cc(Cl)cn(C(CO[Si](C)(C)C(C)(C)C)c3cc(C(F)(F)F)cc(C(F)(F)F)c3)c2=O)ccc1-n1cnc(C)c1. The predicted octanol–water partition coefficient (Wildman–Crippen LogP) is 9.77. The van der Waals surface area contributed by atoms with Gasteiger partial charge in [-0.25, -0.2) is 10.5 Å². The van der Waals surface area contributed by atoms with Gasteiger partial charge in [0.2, 0.25) is 0 Å². The summed E-state index contributed by atoms with van der Waals surface area (Å²) in [6, 6.07) is 4.56. The maximum atomic E-state index is 14.3. The van der Waals surface area contributed by atoms with Crippen molar-refractivity contribution in [3.63, 3.8) is 0 Å². The molecule has 2 aromatic heterocycles. The van der Waals surface area contributed by atoms with Gasteiger partial charge in [0, 0.05) is 18.0 Å². The van der Waals surface area contributed by atoms with Gasteiger partial charge in [0.1, 0.15) is 11.8 Å². The second-order valence-corrected chi connectivity index (χ2v) is 18.4. The lowest BCUT2D eigenvalue weighted by Crippen LogP contribution is -2.43. The summed E-state index contributed by atoms with van der Waals surface area (Å²) in [6.45, 7) is 10.8. The lowest BCUT2D eigenvalue weighted by Gasteiger charge is -2.37. The lowest BCUT2D eigenvalue weighted by atomic mass is 9.97. The number of ether oxygens (including phenoxy) is 1. The van der Waals surface area contributed by atoms with Crippen LogP contribution in [0, 0.1) is 12.5 Å². The minimum Gasteiger partial charge on any atom is -0.495 e. The van der Waals surface area contributed by atoms with E-state index in [1.807, 2.05) is 40.8 Å². The van der Waals surface area contributed by atoms with E-state index in [0.29, 0.717) is 29.1 Å². The minimum absolute atomic E-state index is 0.0264. The fourth-order valence-electron chi connectivity index (χ4n) is 4.98. The Morgan fingerprint density at radius 2 is 1.57 bits per heavy atom. The highest BCUT2D eigenvalue weighted by molar-refractivity contribution is 6.74. The zero-order chi connectivity index (χ0) is 36.7. The summed E-state index contributed by atoms with van der Waals surface area (Å²) in [7, 11) is -1.23. The molecule has 2 atom stereocenters. The highest BCUT2D eigenvalue weighted by Crippen LogP contribution is 2.41. The van der Waals surface area contributed by atoms with Gasteiger partial charge in [0.05, 0.1) is 53.6 Å². The van der Waals surface area contributed by atoms with Gasteiger partial charge < -0.3 is 18.3 Å². The second kappa shape index (κ2) is 13.7. The number of alkyl halides is 6. The van der Waals surface area contributed by atoms with Gasteiger partial charge in [-0.05, 0) is 72.6 Å². The Morgan fingerprint density at radius 3 is 2.06 bits per heavy atom. The van der Waals surface area contributed by atoms with Crippen LogP contribution in [0.3, 0.4) is 0 Å². The van der Waals surface area contributed by atoms with Gasteiger partial charge in [0.15, 0.2) is 8.32 Å². The fraction of sp³-hybridized carbons (Fsp3) is 0.394. The molecule has 49 heavy (non-hydrogen) atoms. The quantitative estimate of drug-likeness (QED) is 0.100. The maximum absolute atomic E-state index is 14.3. The molecule has 16 heteroatoms. The van der Waals surface area contributed by atoms with Gasteiger partial charge in [-0.1, -0.05) is 38.4 Å². The van der Waals surface area contributed by atoms with E-state index in [-0.39, 0.29) is 21.7 Å². The minimum atomic E-state index is -5.12. The molecular formula is C33H36ClF6N5O3Si. The smallest absolute Gasteiger partial charge is 0.416 e. The number of halogens is 7. The molecule has 2 aromatic carbocycles. The van der Waals surface area contributed by atoms with Gasteiger partial charge in [-0.2, -0.15) is 31.5 Å². The number of benzene rings is 2. The van der Waals surface area contributed by atoms with Gasteiger partial charge in [-0.15, -0.1) is 0 Å². The van der Waals surface area contributed by atoms with Crippen LogP contribution in [0.15, 0.2) is 71.1 Å². The van der Waals surface area contributed by atoms with Crippen molar-refractivity contribution in [2.24, 2.45) is 5.11 Å². The summed E-state index contributed by atoms with van der Waals surface area (Å²) in [5.41, 5.74) is 5.20. The summed E-state index contributed by atoms with van der Waals surface area (Å²) in [6.07, 6.45) is -5.77. The molecular weight excluding hydrogens is 692 g/mol. The molecule has 0 aliphatic heterocycles. The van der Waals surface area contributed by atoms with E-state index >= 15 is 0 Å². The number of hydrogen-bond acceptors (Lipinski definition) is 6. The number of rotatable bonds is 10. The average molecular weight is 728 g/mol. The first-order valence-corrected chi connectivity index (χ1v) is 18.3. The molecule has 4 aromatic rings. The topological polar surface area (TPSA) is 94.5 Å². The Bertz CT molecular complexity index is 1870. The van der Waals surface area contributed by atoms with Gasteiger partial charge in [-0.3, -0.25) is 4.79 Å². The molecule has 0 aliphatic rings. The number of hydrogen-bond donors (Lipinski definition) is 1. The molecule has 0 amide bonds. The van der Waals surface area contributed by atoms with Crippen molar-refractivity contribution in [3.05, 3.63) is 110 Å². The zero-order valence-electron chi connectivity index (χ0n) is 27.8. The third kappa shape index (κ3) is 8.27. The lowest BCUT2D eigenvalue weighted by molar-refractivity contribution is -0.143. The van der Waals surface area contributed by atoms with Gasteiger partial charge >= 0.3 is 12.4 Å². The van der Waals surface area contributed by atoms with Crippen LogP contribution >= 0.6 is 11.6 Å². The summed E-state index contributed by atoms with van der Waals surface area (Å²) in [5, 5.41) is 3.22. The number of aryl methyl sites for hydroxylation is 1. The Kier molecular flexibility index (Phi) is 10.6. The highest BCUT2D eigenvalue weighted by atomic mass is 35.5. The summed E-state index contributed by atoms with van der Waals surface area (Å²) < 4.78 is 98.2. The van der Waals surface area contributed by atoms with Gasteiger partial charge in [0.25, 0.3) is 5.56 Å². The van der Waals surface area contributed by atoms with Crippen molar-refractivity contribution in [1.82, 2.24) is 14.1 Å². The molecule has 264 valence electrons. The van der Waals surface area contributed by atoms with Crippen LogP contribution in [0.5, 0.6) is 5.75 Å². The molecule has 0 saturated carbocycles. The summed E-state index contributed by atoms with van der Waals surface area (Å²) in [4.78, 5) is 18.5. The molecule has 0 spiro atoms. The van der Waals surface area contributed by atoms with E-state index < -0.39 is 61.6 Å². The van der Waals surface area contributed by atoms with Crippen LogP contribution in [-0.2, 0) is 16.8 Å². The van der Waals surface area contributed by atoms with Crippen molar-refractivity contribution in [1.29, 1.82) is 5.53 Å². The Balaban J connectivity index is 1.94. The molecule has 0 radical (unpaired) electrons. The van der Waals surface area contributed by atoms with Crippen molar-refractivity contribution < 1.29 is 35.5 Å². The van der Waals surface area contributed by atoms with Crippen LogP contribution in [0.25, 0.3) is 5.69 Å². The molecule has 1 N–H and O–H groups in total. The largest absolute Gasteiger partial charge is 0.495 e. The van der Waals surface area contributed by atoms with Crippen molar-refractivity contribution in [2.45, 2.75) is 70.3 Å². The van der Waals surface area contributed by atoms with Crippen LogP contribution < -0.4 is 10.3 Å². The normalized spacial score (nSPS) is 14.1. The Hall–Kier alpha value is -3.95. The molecule has 8 nitrogen and oxygen atoms in total. The molecule has 2 heterocycles. The standard InChI is InChI=1S/C33H36ClF6N5O3Si/c1-19-15-44(18-42-19)26-9-8-20(12-28(26)47-5)29(43-41)25-14-24(34)16-45(30(25)46)27(17-48-49(6,7)31(2,3)4)21-10-22(32(35,36)37)13-23(11-21)33(38,39)40/h8-16,18,27,29,41H,17H2,1-7H3. The van der Waals surface area contributed by atoms with Crippen LogP contribution in [-0.4, -0.2) is 36.2 Å². The first-order chi connectivity index (χ1) is 22.6. The molecule has 0 bridgehead atoms. The second-order valence-electron chi connectivity index (χ2n) is 13.1. The van der Waals surface area contributed by atoms with Crippen LogP contribution in [0.2, 0.25) is 23.2 Å². The van der Waals surface area contributed by atoms with E-state index in [2.05, 4.69) is 10.1 Å². The Morgan fingerprint density at radius 1 is 0.959 bits per heavy atom. The Labute approximate surface area is 285 Å². The van der Waals surface area contributed by atoms with E-state index in [9.17, 15) is 31.1 Å². The number of nitrogens with one attached hydrogen (secondary N) is 1. The molecule has 2 unspecified atom stereocenters. The highest BCUT2D eigenvalue weighted by Gasteiger charge is 2.40. The average Bonchev–Trinajstić information content (AvgIpc) is 3.43. The number of imidazole rings is 1. The van der Waals surface area contributed by atoms with E-state index in [4.69, 9.17) is 26.3 Å². The van der Waals surface area contributed by atoms with E-state index in [1.54, 1.807) is 35.3 Å². The van der Waals surface area contributed by atoms with Crippen molar-refractivity contribution in [3.8, 4) is 11.4 Å². The molecule has 0 fully saturated rings. The summed E-state index contributed by atoms with van der Waals surface area (Å²) >= 11 is 6.49. The first kappa shape index (κ1) is 37.9. The van der Waals surface area contributed by atoms with E-state index in [1.165, 1.54) is 13.2 Å². The van der Waals surface area contributed by atoms with Crippen LogP contribution in [0.1, 0.15) is 66.4 Å². The number of pyridine rings is 1. The van der Waals surface area contributed by atoms with Crippen molar-refractivity contribution in [2.75, 3.05) is 13.7 Å².